The van der Waals surface area contributed by atoms with Gasteiger partial charge >= 0.3 is 43.4 Å². The molecule has 12 heteroatoms. The summed E-state index contributed by atoms with van der Waals surface area (Å²) in [5.74, 6) is 0.172. The van der Waals surface area contributed by atoms with Crippen LogP contribution in [-0.4, -0.2) is 61.1 Å². The van der Waals surface area contributed by atoms with E-state index >= 15 is 0 Å². The zero-order valence-corrected chi connectivity index (χ0v) is 54.0. The third-order valence-electron chi connectivity index (χ3n) is 9.06. The number of nitrogens with zero attached hydrogens (tertiary/aromatic N) is 2. The first-order valence-corrected chi connectivity index (χ1v) is 26.2. The van der Waals surface area contributed by atoms with Crippen molar-refractivity contribution in [2.24, 2.45) is 9.98 Å². The van der Waals surface area contributed by atoms with E-state index in [1.165, 1.54) is 36.8 Å². The minimum absolute atomic E-state index is 0. The predicted octanol–water partition coefficient (Wildman–Crippen LogP) is 8.99. The Bertz CT molecular complexity index is 1470. The van der Waals surface area contributed by atoms with Crippen LogP contribution in [0, 0.1) is 0 Å². The molecule has 0 saturated heterocycles. The van der Waals surface area contributed by atoms with Gasteiger partial charge in [0.15, 0.2) is 0 Å². The Morgan fingerprint density at radius 2 is 0.611 bits per heavy atom. The Hall–Kier alpha value is -1.43. The van der Waals surface area contributed by atoms with Gasteiger partial charge in [-0.1, -0.05) is 241 Å². The molecule has 72 heavy (non-hydrogen) atoms. The maximum atomic E-state index is 13.3. The minimum Gasteiger partial charge on any atom is -0.872 e. The average molecular weight is 1080 g/mol. The molecule has 0 heterocycles. The van der Waals surface area contributed by atoms with Gasteiger partial charge < -0.3 is 40.9 Å². The maximum Gasteiger partial charge on any atom is 4.00 e. The maximum absolute atomic E-state index is 13.3. The molecule has 1 fully saturated rings. The second-order valence-corrected chi connectivity index (χ2v) is 23.9. The van der Waals surface area contributed by atoms with Crippen LogP contribution in [0.3, 0.4) is 0 Å². The minimum atomic E-state index is -0.417. The van der Waals surface area contributed by atoms with Crippen molar-refractivity contribution < 1.29 is 84.3 Å². The van der Waals surface area contributed by atoms with Crippen LogP contribution < -0.4 is 40.9 Å². The average Bonchev–Trinajstić information content (AvgIpc) is 3.14. The summed E-state index contributed by atoms with van der Waals surface area (Å²) in [6.07, 6.45) is 10.4. The predicted molar refractivity (Wildman–Crippen MR) is 288 cm³/mol. The van der Waals surface area contributed by atoms with Crippen LogP contribution in [0.2, 0.25) is 0 Å². The Kier molecular flexibility index (Phi) is 51.2. The summed E-state index contributed by atoms with van der Waals surface area (Å²) in [4.78, 5) is 9.76. The monoisotopic (exact) mass is 1080 g/mol. The van der Waals surface area contributed by atoms with Crippen LogP contribution >= 0.6 is 0 Å². The zero-order valence-electron chi connectivity index (χ0n) is 50.9. The van der Waals surface area contributed by atoms with Crippen LogP contribution in [0.5, 0.6) is 11.5 Å². The fourth-order valence-corrected chi connectivity index (χ4v) is 5.70. The van der Waals surface area contributed by atoms with E-state index in [0.717, 1.165) is 36.8 Å². The zero-order chi connectivity index (χ0) is 56.6. The van der Waals surface area contributed by atoms with Gasteiger partial charge in [-0.05, 0) is 80.7 Å². The largest absolute Gasteiger partial charge is 4.00 e. The van der Waals surface area contributed by atoms with Crippen LogP contribution in [0.1, 0.15) is 265 Å². The Morgan fingerprint density at radius 1 is 0.417 bits per heavy atom. The van der Waals surface area contributed by atoms with Crippen molar-refractivity contribution >= 4 is 12.4 Å². The van der Waals surface area contributed by atoms with Gasteiger partial charge in [0.25, 0.3) is 0 Å². The smallest absolute Gasteiger partial charge is 0.872 e. The van der Waals surface area contributed by atoms with Crippen molar-refractivity contribution in [2.45, 2.75) is 302 Å². The van der Waals surface area contributed by atoms with E-state index in [1.807, 2.05) is 24.6 Å². The van der Waals surface area contributed by atoms with Crippen LogP contribution in [0.15, 0.2) is 34.3 Å². The Balaban J connectivity index is -0.000000215. The topological polar surface area (TPSA) is 209 Å². The fraction of sp³-hybridized carbons (Fsp3) is 0.767. The summed E-state index contributed by atoms with van der Waals surface area (Å²) in [5.41, 5.74) is 4.88. The molecule has 2 aromatic rings. The molecule has 10 nitrogen and oxygen atoms in total. The first-order valence-electron chi connectivity index (χ1n) is 26.2. The molecule has 0 radical (unpaired) electrons. The first-order chi connectivity index (χ1) is 31.5. The summed E-state index contributed by atoms with van der Waals surface area (Å²) >= 11 is 0. The number of benzene rings is 2. The number of unbranched alkanes of at least 4 members (excludes halogenated alkanes) is 3. The third-order valence-corrected chi connectivity index (χ3v) is 9.06. The summed E-state index contributed by atoms with van der Waals surface area (Å²) in [6, 6.07) is 8.59. The van der Waals surface area contributed by atoms with Gasteiger partial charge in [-0.3, -0.25) is 9.98 Å². The quantitative estimate of drug-likeness (QED) is 0.148. The number of aliphatic imine (C=N–C) groups is 2. The molecule has 2 aromatic carbocycles. The van der Waals surface area contributed by atoms with Crippen LogP contribution in [0.4, 0.5) is 0 Å². The van der Waals surface area contributed by atoms with E-state index in [9.17, 15) is 40.9 Å². The molecule has 414 valence electrons. The third kappa shape index (κ3) is 52.0. The van der Waals surface area contributed by atoms with Gasteiger partial charge in [0.2, 0.25) is 0 Å². The van der Waals surface area contributed by atoms with Crippen LogP contribution in [-0.2, 0) is 65.1 Å². The van der Waals surface area contributed by atoms with Crippen molar-refractivity contribution in [3.05, 3.63) is 57.6 Å². The number of hydrogen-bond donors (Lipinski definition) is 0. The Labute approximate surface area is 474 Å². The second kappa shape index (κ2) is 43.6. The first kappa shape index (κ1) is 84.5. The Morgan fingerprint density at radius 3 is 0.764 bits per heavy atom. The van der Waals surface area contributed by atoms with Gasteiger partial charge in [-0.2, -0.15) is 0 Å². The molecular weight excluding hydrogens is 972 g/mol. The van der Waals surface area contributed by atoms with Crippen molar-refractivity contribution in [1.29, 1.82) is 0 Å². The molecule has 0 bridgehead atoms. The summed E-state index contributed by atoms with van der Waals surface area (Å²) < 4.78 is 0. The van der Waals surface area contributed by atoms with Gasteiger partial charge in [0, 0.05) is 12.4 Å². The fourth-order valence-electron chi connectivity index (χ4n) is 5.70. The molecule has 1 aliphatic rings. The van der Waals surface area contributed by atoms with E-state index in [2.05, 4.69) is 109 Å². The molecular formula is C60H108N2O8Ti2. The van der Waals surface area contributed by atoms with Gasteiger partial charge in [0.1, 0.15) is 0 Å². The number of hydrogen-bond acceptors (Lipinski definition) is 10. The summed E-state index contributed by atoms with van der Waals surface area (Å²) in [6.45, 7) is 49.5. The van der Waals surface area contributed by atoms with Crippen molar-refractivity contribution in [3.63, 3.8) is 0 Å². The van der Waals surface area contributed by atoms with E-state index in [1.54, 1.807) is 83.1 Å². The molecule has 1 aliphatic carbocycles. The van der Waals surface area contributed by atoms with Crippen LogP contribution in [0.25, 0.3) is 0 Å². The van der Waals surface area contributed by atoms with Crippen molar-refractivity contribution in [1.82, 2.24) is 0 Å². The normalized spacial score (nSPS) is 14.6. The number of rotatable bonds is 7. The molecule has 0 spiro atoms. The van der Waals surface area contributed by atoms with Crippen molar-refractivity contribution in [2.75, 3.05) is 0 Å². The second-order valence-electron chi connectivity index (χ2n) is 23.9. The molecule has 0 aliphatic heterocycles. The van der Waals surface area contributed by atoms with Gasteiger partial charge in [-0.15, -0.1) is 36.6 Å². The molecule has 0 N–H and O–H groups in total. The van der Waals surface area contributed by atoms with Gasteiger partial charge in [-0.25, -0.2) is 0 Å². The molecule has 0 amide bonds. The summed E-state index contributed by atoms with van der Waals surface area (Å²) in [5, 5.41) is 83.8. The molecule has 1 saturated carbocycles. The molecule has 0 atom stereocenters. The van der Waals surface area contributed by atoms with E-state index < -0.39 is 36.6 Å². The van der Waals surface area contributed by atoms with E-state index in [-0.39, 0.29) is 88.7 Å². The van der Waals surface area contributed by atoms with Gasteiger partial charge in [0.05, 0.1) is 12.1 Å². The SMILES string of the molecule is CC(C)(C)c1cc(C=NC2CCC(N=Cc3cc(C(C)(C)C)cc(C(C)(C)C)c3[O-])CC2)c([O-])c(C(C)(C)C)c1.CC(C)[O-].CC(C)[O-].CC(C)[O-].CC(C)[O-].CC(C)[O-].CC(C)[O-].CCCCCC.[Ti+4].[Ti+4]. The van der Waals surface area contributed by atoms with E-state index in [4.69, 9.17) is 9.98 Å². The van der Waals surface area contributed by atoms with E-state index in [0.29, 0.717) is 11.1 Å². The standard InChI is InChI=1S/C36H54N2O2.C6H14.6C3H7O.2Ti/c1-33(2,3)25-17-23(31(39)29(19-25)35(7,8)9)21-37-27-13-15-28(16-14-27)38-22-24-18-26(34(4,5)6)20-30(32(24)40)36(10,11)12;1-3-5-6-4-2;6*1-3(2)4;;/h17-22,27-28,39-40H,13-16H2,1-12H3;3-6H2,1-2H3;6*3H,1-2H3;;/q;;6*-1;2*+4/p-2. The molecule has 0 aromatic heterocycles. The molecule has 3 rings (SSSR count). The molecule has 0 unspecified atom stereocenters. The summed E-state index contributed by atoms with van der Waals surface area (Å²) in [7, 11) is 0. The van der Waals surface area contributed by atoms with Crippen molar-refractivity contribution in [3.8, 4) is 11.5 Å².